The maximum atomic E-state index is 12.8. The molecule has 1 N–H and O–H groups in total. The summed E-state index contributed by atoms with van der Waals surface area (Å²) in [6, 6.07) is 9.02. The second kappa shape index (κ2) is 8.56. The van der Waals surface area contributed by atoms with Crippen molar-refractivity contribution in [2.45, 2.75) is 56.5 Å². The van der Waals surface area contributed by atoms with Crippen molar-refractivity contribution < 1.29 is 31.2 Å². The van der Waals surface area contributed by atoms with Gasteiger partial charge >= 0.3 is 6.18 Å². The van der Waals surface area contributed by atoms with E-state index in [1.54, 1.807) is 4.90 Å². The fourth-order valence-corrected chi connectivity index (χ4v) is 5.71. The molecule has 2 aliphatic rings. The lowest BCUT2D eigenvalue weighted by Crippen LogP contribution is -2.44. The van der Waals surface area contributed by atoms with Crippen LogP contribution in [-0.2, 0) is 19.6 Å². The van der Waals surface area contributed by atoms with Gasteiger partial charge in [0.15, 0.2) is 0 Å². The zero-order valence-corrected chi connectivity index (χ0v) is 17.4. The van der Waals surface area contributed by atoms with Crippen LogP contribution < -0.4 is 4.72 Å². The highest BCUT2D eigenvalue weighted by atomic mass is 32.2. The molecule has 0 spiro atoms. The first-order valence-electron chi connectivity index (χ1n) is 9.95. The van der Waals surface area contributed by atoms with Gasteiger partial charge in [-0.3, -0.25) is 14.3 Å². The molecule has 1 saturated carbocycles. The zero-order chi connectivity index (χ0) is 22.1. The Morgan fingerprint density at radius 3 is 2.30 bits per heavy atom. The van der Waals surface area contributed by atoms with Crippen molar-refractivity contribution >= 4 is 21.8 Å². The van der Waals surface area contributed by atoms with E-state index < -0.39 is 39.2 Å². The van der Waals surface area contributed by atoms with Gasteiger partial charge < -0.3 is 4.90 Å². The number of likely N-dealkylation sites (tertiary alicyclic amines) is 1. The number of rotatable bonds is 5. The number of nitrogens with one attached hydrogen (secondary N) is 1. The van der Waals surface area contributed by atoms with Gasteiger partial charge in [-0.2, -0.15) is 13.2 Å². The van der Waals surface area contributed by atoms with Crippen LogP contribution in [0.1, 0.15) is 50.6 Å². The number of nitrogens with zero attached hydrogens (tertiary/aromatic N) is 1. The van der Waals surface area contributed by atoms with Gasteiger partial charge in [-0.15, -0.1) is 0 Å². The van der Waals surface area contributed by atoms with E-state index in [-0.39, 0.29) is 50.6 Å². The quantitative estimate of drug-likeness (QED) is 0.753. The number of alkyl halides is 3. The summed E-state index contributed by atoms with van der Waals surface area (Å²) >= 11 is 0. The second-order valence-electron chi connectivity index (χ2n) is 8.06. The van der Waals surface area contributed by atoms with Crippen molar-refractivity contribution in [2.24, 2.45) is 11.8 Å². The Bertz CT molecular complexity index is 881. The number of benzene rings is 1. The molecule has 10 heteroatoms. The van der Waals surface area contributed by atoms with Crippen molar-refractivity contribution in [1.29, 1.82) is 0 Å². The van der Waals surface area contributed by atoms with E-state index in [0.717, 1.165) is 5.56 Å². The van der Waals surface area contributed by atoms with E-state index in [0.29, 0.717) is 0 Å². The lowest BCUT2D eigenvalue weighted by molar-refractivity contribution is -0.181. The monoisotopic (exact) mass is 446 g/mol. The normalized spacial score (nSPS) is 26.5. The predicted molar refractivity (Wildman–Crippen MR) is 104 cm³/mol. The molecule has 2 atom stereocenters. The minimum Gasteiger partial charge on any atom is -0.335 e. The van der Waals surface area contributed by atoms with Gasteiger partial charge in [0.2, 0.25) is 21.8 Å². The number of hydrogen-bond donors (Lipinski definition) is 1. The molecule has 1 aromatic rings. The molecule has 1 aromatic carbocycles. The second-order valence-corrected chi connectivity index (χ2v) is 10.0. The van der Waals surface area contributed by atoms with Crippen molar-refractivity contribution in [1.82, 2.24) is 9.62 Å². The molecule has 0 bridgehead atoms. The van der Waals surface area contributed by atoms with Crippen molar-refractivity contribution in [3.05, 3.63) is 35.9 Å². The van der Waals surface area contributed by atoms with Gasteiger partial charge in [0.05, 0.1) is 23.1 Å². The first-order valence-corrected chi connectivity index (χ1v) is 11.5. The summed E-state index contributed by atoms with van der Waals surface area (Å²) in [6.07, 6.45) is -5.26. The summed E-state index contributed by atoms with van der Waals surface area (Å²) < 4.78 is 65.4. The number of amides is 2. The third-order valence-corrected chi connectivity index (χ3v) is 7.93. The average Bonchev–Trinajstić information content (AvgIpc) is 3.09. The highest BCUT2D eigenvalue weighted by Gasteiger charge is 2.45. The molecule has 2 unspecified atom stereocenters. The van der Waals surface area contributed by atoms with Crippen molar-refractivity contribution in [2.75, 3.05) is 6.54 Å². The molecular weight excluding hydrogens is 421 g/mol. The van der Waals surface area contributed by atoms with Crippen LogP contribution in [0.15, 0.2) is 30.3 Å². The zero-order valence-electron chi connectivity index (χ0n) is 16.6. The smallest absolute Gasteiger partial charge is 0.335 e. The van der Waals surface area contributed by atoms with Gasteiger partial charge in [0.25, 0.3) is 0 Å². The van der Waals surface area contributed by atoms with Crippen molar-refractivity contribution in [3.63, 3.8) is 0 Å². The molecule has 1 aliphatic carbocycles. The standard InChI is InChI=1S/C20H25F3N2O4S/c1-13(14-5-3-2-4-6-14)25-12-15(11-18(25)26)19(27)24-30(28,29)17-9-7-16(8-10-17)20(21,22)23/h2-6,13,15-17H,7-12H2,1H3,(H,24,27). The molecule has 2 amide bonds. The fraction of sp³-hybridized carbons (Fsp3) is 0.600. The van der Waals surface area contributed by atoms with Gasteiger partial charge in [-0.05, 0) is 38.2 Å². The van der Waals surface area contributed by atoms with E-state index in [1.807, 2.05) is 42.0 Å². The molecule has 1 aliphatic heterocycles. The molecule has 2 fully saturated rings. The Kier molecular flexibility index (Phi) is 6.45. The number of sulfonamides is 1. The van der Waals surface area contributed by atoms with E-state index >= 15 is 0 Å². The number of hydrogen-bond acceptors (Lipinski definition) is 4. The molecular formula is C20H25F3N2O4S. The molecule has 3 rings (SSSR count). The highest BCUT2D eigenvalue weighted by Crippen LogP contribution is 2.39. The summed E-state index contributed by atoms with van der Waals surface area (Å²) in [4.78, 5) is 26.5. The molecule has 0 radical (unpaired) electrons. The third kappa shape index (κ3) is 4.96. The summed E-state index contributed by atoms with van der Waals surface area (Å²) in [5.41, 5.74) is 0.904. The van der Waals surface area contributed by atoms with Crippen LogP contribution in [0, 0.1) is 11.8 Å². The lowest BCUT2D eigenvalue weighted by Gasteiger charge is -2.29. The summed E-state index contributed by atoms with van der Waals surface area (Å²) in [5, 5.41) is -1.03. The minimum atomic E-state index is -4.33. The van der Waals surface area contributed by atoms with E-state index in [2.05, 4.69) is 0 Å². The average molecular weight is 446 g/mol. The van der Waals surface area contributed by atoms with Gasteiger partial charge in [-0.25, -0.2) is 8.42 Å². The summed E-state index contributed by atoms with van der Waals surface area (Å²) in [7, 11) is -4.09. The van der Waals surface area contributed by atoms with Crippen LogP contribution in [0.3, 0.4) is 0 Å². The summed E-state index contributed by atoms with van der Waals surface area (Å²) in [6.45, 7) is 1.93. The Hall–Kier alpha value is -2.10. The predicted octanol–water partition coefficient (Wildman–Crippen LogP) is 3.16. The largest absolute Gasteiger partial charge is 0.391 e. The van der Waals surface area contributed by atoms with Crippen LogP contribution in [0.4, 0.5) is 13.2 Å². The van der Waals surface area contributed by atoms with E-state index in [9.17, 15) is 31.2 Å². The Labute approximate surface area is 173 Å². The molecule has 166 valence electrons. The highest BCUT2D eigenvalue weighted by molar-refractivity contribution is 7.90. The minimum absolute atomic E-state index is 0.0943. The molecule has 1 saturated heterocycles. The Morgan fingerprint density at radius 2 is 1.73 bits per heavy atom. The Balaban J connectivity index is 1.59. The topological polar surface area (TPSA) is 83.6 Å². The molecule has 30 heavy (non-hydrogen) atoms. The van der Waals surface area contributed by atoms with Crippen LogP contribution >= 0.6 is 0 Å². The SMILES string of the molecule is CC(c1ccccc1)N1CC(C(=O)NS(=O)(=O)C2CCC(C(F)(F)F)CC2)CC1=O. The van der Waals surface area contributed by atoms with Crippen LogP contribution in [0.2, 0.25) is 0 Å². The van der Waals surface area contributed by atoms with Gasteiger partial charge in [0, 0.05) is 13.0 Å². The van der Waals surface area contributed by atoms with Crippen LogP contribution in [0.25, 0.3) is 0 Å². The van der Waals surface area contributed by atoms with Gasteiger partial charge in [-0.1, -0.05) is 30.3 Å². The fourth-order valence-electron chi connectivity index (χ4n) is 4.20. The summed E-state index contributed by atoms with van der Waals surface area (Å²) in [5.74, 6) is -3.33. The molecule has 0 aromatic heterocycles. The number of halogens is 3. The van der Waals surface area contributed by atoms with Crippen LogP contribution in [-0.4, -0.2) is 43.1 Å². The molecule has 6 nitrogen and oxygen atoms in total. The van der Waals surface area contributed by atoms with Crippen LogP contribution in [0.5, 0.6) is 0 Å². The maximum absolute atomic E-state index is 12.8. The number of carbonyl (C=O) groups is 2. The third-order valence-electron chi connectivity index (χ3n) is 6.10. The maximum Gasteiger partial charge on any atom is 0.391 e. The first kappa shape index (κ1) is 22.6. The van der Waals surface area contributed by atoms with Gasteiger partial charge in [0.1, 0.15) is 0 Å². The first-order chi connectivity index (χ1) is 14.0. The lowest BCUT2D eigenvalue weighted by atomic mass is 9.88. The molecule has 1 heterocycles. The van der Waals surface area contributed by atoms with E-state index in [4.69, 9.17) is 0 Å². The number of carbonyl (C=O) groups excluding carboxylic acids is 2. The van der Waals surface area contributed by atoms with Crippen molar-refractivity contribution in [3.8, 4) is 0 Å². The van der Waals surface area contributed by atoms with E-state index in [1.165, 1.54) is 0 Å². The Morgan fingerprint density at radius 1 is 1.13 bits per heavy atom.